The molecule has 1 aromatic carbocycles. The van der Waals surface area contributed by atoms with E-state index < -0.39 is 27.6 Å². The molecule has 0 saturated heterocycles. The zero-order valence-corrected chi connectivity index (χ0v) is 11.7. The number of hydrogen-bond donors (Lipinski definition) is 2. The number of carboxylic acids is 1. The molecule has 6 nitrogen and oxygen atoms in total. The van der Waals surface area contributed by atoms with Gasteiger partial charge in [-0.25, -0.2) is 8.42 Å². The Kier molecular flexibility index (Phi) is 3.80. The summed E-state index contributed by atoms with van der Waals surface area (Å²) < 4.78 is 23.2. The molecule has 2 atom stereocenters. The smallest absolute Gasteiger partial charge is 0.307 e. The lowest BCUT2D eigenvalue weighted by molar-refractivity contribution is -0.139. The summed E-state index contributed by atoms with van der Waals surface area (Å²) in [5.41, 5.74) is 0.459. The van der Waals surface area contributed by atoms with Crippen LogP contribution in [-0.4, -0.2) is 31.2 Å². The molecule has 108 valence electrons. The third-order valence-electron chi connectivity index (χ3n) is 3.31. The molecule has 0 aliphatic heterocycles. The van der Waals surface area contributed by atoms with Crippen molar-refractivity contribution in [3.63, 3.8) is 0 Å². The summed E-state index contributed by atoms with van der Waals surface area (Å²) in [5, 5.41) is 11.3. The highest BCUT2D eigenvalue weighted by atomic mass is 32.2. The molecule has 2 N–H and O–H groups in total. The molecule has 0 bridgehead atoms. The van der Waals surface area contributed by atoms with Crippen LogP contribution in [0.2, 0.25) is 0 Å². The highest BCUT2D eigenvalue weighted by Gasteiger charge is 2.48. The highest BCUT2D eigenvalue weighted by Crippen LogP contribution is 2.39. The number of nitrogens with one attached hydrogen (secondary N) is 1. The first kappa shape index (κ1) is 14.5. The van der Waals surface area contributed by atoms with Crippen molar-refractivity contribution in [1.82, 2.24) is 0 Å². The van der Waals surface area contributed by atoms with Crippen molar-refractivity contribution in [3.8, 4) is 0 Å². The van der Waals surface area contributed by atoms with Crippen molar-refractivity contribution >= 4 is 27.4 Å². The Morgan fingerprint density at radius 2 is 1.85 bits per heavy atom. The van der Waals surface area contributed by atoms with Gasteiger partial charge in [-0.15, -0.1) is 0 Å². The van der Waals surface area contributed by atoms with Crippen molar-refractivity contribution in [2.45, 2.75) is 18.2 Å². The van der Waals surface area contributed by atoms with Crippen molar-refractivity contribution in [2.24, 2.45) is 11.8 Å². The Labute approximate surface area is 116 Å². The van der Waals surface area contributed by atoms with Crippen LogP contribution < -0.4 is 5.32 Å². The summed E-state index contributed by atoms with van der Waals surface area (Å²) in [4.78, 5) is 22.6. The van der Waals surface area contributed by atoms with E-state index in [-0.39, 0.29) is 16.6 Å². The van der Waals surface area contributed by atoms with Crippen LogP contribution in [0.4, 0.5) is 5.69 Å². The maximum Gasteiger partial charge on any atom is 0.307 e. The third-order valence-corrected chi connectivity index (χ3v) is 5.06. The molecule has 1 aromatic rings. The third kappa shape index (κ3) is 2.98. The van der Waals surface area contributed by atoms with Crippen LogP contribution >= 0.6 is 0 Å². The summed E-state index contributed by atoms with van der Waals surface area (Å²) in [6.07, 6.45) is 0.351. The van der Waals surface area contributed by atoms with Crippen LogP contribution in [0.15, 0.2) is 29.2 Å². The van der Waals surface area contributed by atoms with E-state index in [4.69, 9.17) is 5.11 Å². The second-order valence-corrected chi connectivity index (χ2v) is 6.98. The number of rotatable bonds is 5. The van der Waals surface area contributed by atoms with Crippen LogP contribution in [0.3, 0.4) is 0 Å². The second-order valence-electron chi connectivity index (χ2n) is 4.70. The van der Waals surface area contributed by atoms with Gasteiger partial charge < -0.3 is 10.4 Å². The van der Waals surface area contributed by atoms with Gasteiger partial charge in [0.15, 0.2) is 9.84 Å². The molecule has 2 rings (SSSR count). The first-order valence-corrected chi connectivity index (χ1v) is 7.87. The first-order valence-electron chi connectivity index (χ1n) is 6.21. The molecule has 0 aromatic heterocycles. The van der Waals surface area contributed by atoms with Gasteiger partial charge in [0, 0.05) is 5.69 Å². The van der Waals surface area contributed by atoms with Crippen molar-refractivity contribution in [2.75, 3.05) is 11.1 Å². The Bertz CT molecular complexity index is 635. The summed E-state index contributed by atoms with van der Waals surface area (Å²) in [7, 11) is -3.26. The second kappa shape index (κ2) is 5.24. The van der Waals surface area contributed by atoms with Crippen molar-refractivity contribution in [1.29, 1.82) is 0 Å². The molecule has 0 radical (unpaired) electrons. The van der Waals surface area contributed by atoms with Crippen molar-refractivity contribution < 1.29 is 23.1 Å². The van der Waals surface area contributed by atoms with E-state index in [0.717, 1.165) is 0 Å². The summed E-state index contributed by atoms with van der Waals surface area (Å²) >= 11 is 0. The fraction of sp³-hybridized carbons (Fsp3) is 0.385. The molecule has 0 spiro atoms. The topological polar surface area (TPSA) is 101 Å². The molecule has 0 heterocycles. The van der Waals surface area contributed by atoms with E-state index in [1.165, 1.54) is 24.3 Å². The fourth-order valence-electron chi connectivity index (χ4n) is 1.90. The van der Waals surface area contributed by atoms with Crippen LogP contribution in [0, 0.1) is 11.8 Å². The minimum absolute atomic E-state index is 0.0150. The van der Waals surface area contributed by atoms with E-state index in [9.17, 15) is 18.0 Å². The molecular weight excluding hydrogens is 282 g/mol. The van der Waals surface area contributed by atoms with Gasteiger partial charge in [-0.05, 0) is 30.7 Å². The number of sulfone groups is 1. The largest absolute Gasteiger partial charge is 0.481 e. The summed E-state index contributed by atoms with van der Waals surface area (Å²) in [6.45, 7) is 1.56. The monoisotopic (exact) mass is 297 g/mol. The Balaban J connectivity index is 2.02. The van der Waals surface area contributed by atoms with Gasteiger partial charge in [0.1, 0.15) is 0 Å². The Morgan fingerprint density at radius 1 is 1.25 bits per heavy atom. The number of amides is 1. The van der Waals surface area contributed by atoms with E-state index in [1.54, 1.807) is 6.92 Å². The van der Waals surface area contributed by atoms with Gasteiger partial charge in [0.25, 0.3) is 0 Å². The van der Waals surface area contributed by atoms with E-state index in [1.807, 2.05) is 0 Å². The minimum Gasteiger partial charge on any atom is -0.481 e. The van der Waals surface area contributed by atoms with Crippen LogP contribution in [0.25, 0.3) is 0 Å². The zero-order valence-electron chi connectivity index (χ0n) is 10.9. The maximum absolute atomic E-state index is 11.7. The molecule has 2 unspecified atom stereocenters. The predicted octanol–water partition coefficient (Wildman–Crippen LogP) is 1.14. The lowest BCUT2D eigenvalue weighted by Gasteiger charge is -2.06. The average Bonchev–Trinajstić information content (AvgIpc) is 3.20. The molecule has 7 heteroatoms. The molecule has 1 aliphatic carbocycles. The van der Waals surface area contributed by atoms with Gasteiger partial charge >= 0.3 is 5.97 Å². The SMILES string of the molecule is CCS(=O)(=O)c1ccc(NC(=O)C2CC2C(=O)O)cc1. The van der Waals surface area contributed by atoms with E-state index in [0.29, 0.717) is 12.1 Å². The molecule has 1 saturated carbocycles. The normalized spacial score (nSPS) is 21.2. The average molecular weight is 297 g/mol. The number of hydrogen-bond acceptors (Lipinski definition) is 4. The molecular formula is C13H15NO5S. The van der Waals surface area contributed by atoms with E-state index >= 15 is 0 Å². The van der Waals surface area contributed by atoms with Gasteiger partial charge in [0.2, 0.25) is 5.91 Å². The van der Waals surface area contributed by atoms with Crippen LogP contribution in [-0.2, 0) is 19.4 Å². The maximum atomic E-state index is 11.7. The summed E-state index contributed by atoms with van der Waals surface area (Å²) in [5.74, 6) is -2.39. The Hall–Kier alpha value is -1.89. The van der Waals surface area contributed by atoms with Gasteiger partial charge in [0.05, 0.1) is 22.5 Å². The zero-order chi connectivity index (χ0) is 14.9. The Morgan fingerprint density at radius 3 is 2.30 bits per heavy atom. The van der Waals surface area contributed by atoms with Gasteiger partial charge in [-0.1, -0.05) is 6.92 Å². The lowest BCUT2D eigenvalue weighted by atomic mass is 10.2. The number of benzene rings is 1. The van der Waals surface area contributed by atoms with Gasteiger partial charge in [-0.3, -0.25) is 9.59 Å². The number of carbonyl (C=O) groups is 2. The first-order chi connectivity index (χ1) is 9.35. The van der Waals surface area contributed by atoms with Crippen molar-refractivity contribution in [3.05, 3.63) is 24.3 Å². The number of anilines is 1. The molecule has 20 heavy (non-hydrogen) atoms. The van der Waals surface area contributed by atoms with Crippen LogP contribution in [0.1, 0.15) is 13.3 Å². The lowest BCUT2D eigenvalue weighted by Crippen LogP contribution is -2.16. The number of carboxylic acid groups (broad SMARTS) is 1. The molecule has 1 aliphatic rings. The molecule has 1 fully saturated rings. The predicted molar refractivity (Wildman–Crippen MR) is 72.0 cm³/mol. The minimum atomic E-state index is -3.26. The number of carbonyl (C=O) groups excluding carboxylic acids is 1. The summed E-state index contributed by atoms with van der Waals surface area (Å²) in [6, 6.07) is 5.85. The quantitative estimate of drug-likeness (QED) is 0.848. The van der Waals surface area contributed by atoms with Gasteiger partial charge in [-0.2, -0.15) is 0 Å². The standard InChI is InChI=1S/C13H15NO5S/c1-2-20(18,19)9-5-3-8(4-6-9)14-12(15)10-7-11(10)13(16)17/h3-6,10-11H,2,7H2,1H3,(H,14,15)(H,16,17). The van der Waals surface area contributed by atoms with Crippen LogP contribution in [0.5, 0.6) is 0 Å². The number of aliphatic carboxylic acids is 1. The molecule has 1 amide bonds. The van der Waals surface area contributed by atoms with E-state index in [2.05, 4.69) is 5.32 Å². The fourth-order valence-corrected chi connectivity index (χ4v) is 2.79. The highest BCUT2D eigenvalue weighted by molar-refractivity contribution is 7.91.